The van der Waals surface area contributed by atoms with Gasteiger partial charge in [0.05, 0.1) is 4.92 Å². The van der Waals surface area contributed by atoms with E-state index in [0.29, 0.717) is 0 Å². The predicted octanol–water partition coefficient (Wildman–Crippen LogP) is 0.0776. The van der Waals surface area contributed by atoms with Gasteiger partial charge < -0.3 is 0 Å². The first-order chi connectivity index (χ1) is 7.07. The molecule has 12 heavy (non-hydrogen) atoms. The Balaban J connectivity index is 3.26. The van der Waals surface area contributed by atoms with Crippen LogP contribution in [0.3, 0.4) is 0 Å². The maximum atomic E-state index is 10.8. The molecule has 3 unspecified atom stereocenters. The number of nitrogens with zero attached hydrogens (tertiary/aromatic N) is 2. The molecule has 1 aliphatic heterocycles. The van der Waals surface area contributed by atoms with Crippen LogP contribution in [0, 0.1) is 10.1 Å². The van der Waals surface area contributed by atoms with Crippen LogP contribution in [0.4, 0.5) is 0 Å². The number of nitrogens with one attached hydrogen (secondary N) is 1. The Bertz CT molecular complexity index is 318. The van der Waals surface area contributed by atoms with Gasteiger partial charge in [-0.1, -0.05) is 0 Å². The Labute approximate surface area is 81.5 Å². The van der Waals surface area contributed by atoms with Crippen molar-refractivity contribution in [3.05, 3.63) is 10.1 Å². The van der Waals surface area contributed by atoms with Gasteiger partial charge in [0.1, 0.15) is 1.41 Å². The molecular weight excluding hydrogens is 182 g/mol. The van der Waals surface area contributed by atoms with E-state index in [1.54, 1.807) is 0 Å². The van der Waals surface area contributed by atoms with E-state index in [1.165, 1.54) is 14.0 Å². The van der Waals surface area contributed by atoms with Gasteiger partial charge in [-0.2, -0.15) is 0 Å². The smallest absolute Gasteiger partial charge is 0.262 e. The number of likely N-dealkylation sites (N-methyl/N-ethyl adjacent to an activating group) is 1. The monoisotopic (exact) mass is 197 g/mol. The van der Waals surface area contributed by atoms with Gasteiger partial charge in [-0.05, 0) is 14.0 Å². The highest BCUT2D eigenvalue weighted by Gasteiger charge is 2.39. The van der Waals surface area contributed by atoms with Crippen LogP contribution >= 0.6 is 11.6 Å². The minimum Gasteiger partial charge on any atom is -0.262 e. The van der Waals surface area contributed by atoms with E-state index in [4.69, 9.17) is 17.1 Å². The standard InChI is InChI=1S/C6H12ClN3O2/c1-4(7)5-3-8-6(9(5)2)10(11)12/h4-6,8H,3H2,1-2H3/i3D2,6D/hD. The summed E-state index contributed by atoms with van der Waals surface area (Å²) in [6.45, 7) is -0.884. The SMILES string of the molecule is [2H]N1C([2H])([2H])C(C(C)Cl)N(C)C1([2H])[N+](=O)[O-]. The van der Waals surface area contributed by atoms with Gasteiger partial charge in [0.15, 0.2) is 1.37 Å². The maximum Gasteiger partial charge on any atom is 0.325 e. The van der Waals surface area contributed by atoms with E-state index >= 15 is 0 Å². The number of hydrogen-bond donors (Lipinski definition) is 1. The van der Waals surface area contributed by atoms with E-state index in [2.05, 4.69) is 0 Å². The predicted molar refractivity (Wildman–Crippen MR) is 45.7 cm³/mol. The van der Waals surface area contributed by atoms with Gasteiger partial charge in [0.25, 0.3) is 0 Å². The minimum atomic E-state index is -2.66. The van der Waals surface area contributed by atoms with Gasteiger partial charge >= 0.3 is 6.27 Å². The molecule has 0 radical (unpaired) electrons. The Morgan fingerprint density at radius 3 is 3.00 bits per heavy atom. The second-order valence-electron chi connectivity index (χ2n) is 2.53. The lowest BCUT2D eigenvalue weighted by atomic mass is 10.2. The highest BCUT2D eigenvalue weighted by Crippen LogP contribution is 2.15. The lowest BCUT2D eigenvalue weighted by Crippen LogP contribution is -2.43. The summed E-state index contributed by atoms with van der Waals surface area (Å²) in [6, 6.07) is -1.10. The summed E-state index contributed by atoms with van der Waals surface area (Å²) in [5.41, 5.74) is 0. The summed E-state index contributed by atoms with van der Waals surface area (Å²) in [5.74, 6) is 0. The molecule has 0 aromatic rings. The zero-order chi connectivity index (χ0) is 12.9. The van der Waals surface area contributed by atoms with Crippen molar-refractivity contribution in [2.24, 2.45) is 0 Å². The number of alkyl halides is 1. The fourth-order valence-corrected chi connectivity index (χ4v) is 1.22. The molecular formula is C6H12ClN3O2. The van der Waals surface area contributed by atoms with E-state index in [-0.39, 0.29) is 5.31 Å². The molecule has 0 spiro atoms. The summed E-state index contributed by atoms with van der Waals surface area (Å²) >= 11 is 5.76. The van der Waals surface area contributed by atoms with Crippen molar-refractivity contribution in [2.75, 3.05) is 13.5 Å². The molecule has 6 heteroatoms. The van der Waals surface area contributed by atoms with Crippen LogP contribution in [0.15, 0.2) is 0 Å². The molecule has 1 fully saturated rings. The van der Waals surface area contributed by atoms with Crippen molar-refractivity contribution in [1.82, 2.24) is 10.2 Å². The maximum absolute atomic E-state index is 10.8. The zero-order valence-corrected chi connectivity index (χ0v) is 7.45. The molecule has 1 N–H and O–H groups in total. The number of halogens is 1. The molecule has 0 aromatic carbocycles. The third-order valence-electron chi connectivity index (χ3n) is 1.63. The second-order valence-corrected chi connectivity index (χ2v) is 3.22. The molecule has 0 amide bonds. The molecule has 0 aliphatic carbocycles. The third kappa shape index (κ3) is 1.68. The number of hydrogen-bond acceptors (Lipinski definition) is 4. The quantitative estimate of drug-likeness (QED) is 0.387. The molecule has 1 aliphatic rings. The highest BCUT2D eigenvalue weighted by atomic mass is 35.5. The van der Waals surface area contributed by atoms with Crippen molar-refractivity contribution >= 4 is 11.6 Å². The fraction of sp³-hybridized carbons (Fsp3) is 1.00. The van der Waals surface area contributed by atoms with Crippen LogP contribution < -0.4 is 5.31 Å². The lowest BCUT2D eigenvalue weighted by Gasteiger charge is -2.20. The van der Waals surface area contributed by atoms with Crippen LogP contribution in [-0.4, -0.2) is 41.1 Å². The molecule has 1 heterocycles. The number of nitro groups is 1. The minimum absolute atomic E-state index is 0.0313. The first-order valence-electron chi connectivity index (χ1n) is 5.33. The van der Waals surface area contributed by atoms with Crippen molar-refractivity contribution in [1.29, 1.82) is 0 Å². The average Bonchev–Trinajstić information content (AvgIpc) is 2.25. The summed E-state index contributed by atoms with van der Waals surface area (Å²) in [4.78, 5) is 10.6. The van der Waals surface area contributed by atoms with Gasteiger partial charge in [-0.15, -0.1) is 11.6 Å². The fourth-order valence-electron chi connectivity index (χ4n) is 0.994. The molecule has 70 valence electrons. The van der Waals surface area contributed by atoms with Crippen molar-refractivity contribution < 1.29 is 10.4 Å². The molecule has 1 rings (SSSR count). The molecule has 1 saturated heterocycles. The van der Waals surface area contributed by atoms with Crippen molar-refractivity contribution in [3.63, 3.8) is 0 Å². The highest BCUT2D eigenvalue weighted by molar-refractivity contribution is 6.20. The summed E-state index contributed by atoms with van der Waals surface area (Å²) in [7, 11) is 1.21. The van der Waals surface area contributed by atoms with Crippen molar-refractivity contribution in [2.45, 2.75) is 24.6 Å². The van der Waals surface area contributed by atoms with Gasteiger partial charge in [0.2, 0.25) is 0 Å². The first-order valence-corrected chi connectivity index (χ1v) is 3.82. The summed E-state index contributed by atoms with van der Waals surface area (Å²) < 4.78 is 30.2. The van der Waals surface area contributed by atoms with E-state index in [0.717, 1.165) is 4.90 Å². The Hall–Kier alpha value is -0.390. The molecule has 0 bridgehead atoms. The van der Waals surface area contributed by atoms with Crippen LogP contribution in [0.2, 0.25) is 1.41 Å². The average molecular weight is 198 g/mol. The summed E-state index contributed by atoms with van der Waals surface area (Å²) in [5, 5.41) is 10.1. The Kier molecular flexibility index (Phi) is 1.59. The van der Waals surface area contributed by atoms with Crippen molar-refractivity contribution in [3.8, 4) is 0 Å². The second kappa shape index (κ2) is 3.55. The zero-order valence-electron chi connectivity index (χ0n) is 10.7. The van der Waals surface area contributed by atoms with E-state index in [9.17, 15) is 10.1 Å². The van der Waals surface area contributed by atoms with Crippen LogP contribution in [0.5, 0.6) is 0 Å². The Morgan fingerprint density at radius 1 is 2.17 bits per heavy atom. The molecule has 0 aromatic heterocycles. The van der Waals surface area contributed by atoms with Crippen LogP contribution in [0.1, 0.15) is 11.0 Å². The van der Waals surface area contributed by atoms with E-state index in [1.807, 2.05) is 0 Å². The Morgan fingerprint density at radius 2 is 2.75 bits per heavy atom. The van der Waals surface area contributed by atoms with Crippen LogP contribution in [0.25, 0.3) is 0 Å². The number of rotatable bonds is 2. The van der Waals surface area contributed by atoms with Gasteiger partial charge in [-0.25, -0.2) is 10.2 Å². The van der Waals surface area contributed by atoms with E-state index < -0.39 is 29.1 Å². The largest absolute Gasteiger partial charge is 0.325 e. The molecule has 5 nitrogen and oxygen atoms in total. The molecule has 3 atom stereocenters. The first kappa shape index (κ1) is 5.36. The molecule has 0 saturated carbocycles. The summed E-state index contributed by atoms with van der Waals surface area (Å²) in [6.07, 6.45) is -2.66. The normalized spacial score (nSPS) is 50.4. The van der Waals surface area contributed by atoms with Gasteiger partial charge in [-0.3, -0.25) is 10.1 Å². The lowest BCUT2D eigenvalue weighted by molar-refractivity contribution is -0.551. The topological polar surface area (TPSA) is 58.4 Å². The third-order valence-corrected chi connectivity index (χ3v) is 1.87. The van der Waals surface area contributed by atoms with Gasteiger partial charge in [0, 0.05) is 20.7 Å². The van der Waals surface area contributed by atoms with Crippen LogP contribution in [-0.2, 0) is 0 Å².